The summed E-state index contributed by atoms with van der Waals surface area (Å²) in [7, 11) is 0. The van der Waals surface area contributed by atoms with Crippen LogP contribution in [-0.2, 0) is 0 Å². The molecule has 0 amide bonds. The normalized spacial score (nSPS) is 10.0. The zero-order chi connectivity index (χ0) is 93.6. The van der Waals surface area contributed by atoms with Gasteiger partial charge in [0.15, 0.2) is 5.65 Å². The molecule has 16 aromatic rings. The Hall–Kier alpha value is -11.5. The average Bonchev–Trinajstić information content (AvgIpc) is 0.839. The monoisotopic (exact) mass is 1670 g/mol. The quantitative estimate of drug-likeness (QED) is 0.138. The minimum Gasteiger partial charge on any atom is -0.264 e. The van der Waals surface area contributed by atoms with Crippen molar-refractivity contribution in [2.45, 2.75) is 249 Å². The Morgan fingerprint density at radius 2 is 0.500 bits per heavy atom. The first-order valence-electron chi connectivity index (χ1n) is 43.9. The van der Waals surface area contributed by atoms with Gasteiger partial charge in [-0.25, -0.2) is 19.9 Å². The van der Waals surface area contributed by atoms with Crippen LogP contribution in [0.25, 0.3) is 87.7 Å². The molecule has 0 bridgehead atoms. The minimum absolute atomic E-state index is 0.826. The van der Waals surface area contributed by atoms with Crippen LogP contribution in [0.1, 0.15) is 234 Å². The molecule has 0 aliphatic heterocycles. The van der Waals surface area contributed by atoms with Gasteiger partial charge in [-0.3, -0.25) is 59.8 Å². The number of aryl methyl sites for hydroxylation is 12. The Morgan fingerprint density at radius 1 is 0.177 bits per heavy atom. The van der Waals surface area contributed by atoms with Crippen LogP contribution < -0.4 is 0 Å². The molecule has 16 heteroatoms. The first-order chi connectivity index (χ1) is 58.3. The second-order valence-electron chi connectivity index (χ2n) is 35.6. The lowest BCUT2D eigenvalue weighted by molar-refractivity contribution is 0.736. The summed E-state index contributed by atoms with van der Waals surface area (Å²) in [6.07, 6.45) is 14.3. The van der Waals surface area contributed by atoms with Gasteiger partial charge >= 0.3 is 0 Å². The van der Waals surface area contributed by atoms with Gasteiger partial charge in [0.1, 0.15) is 0 Å². The summed E-state index contributed by atoms with van der Waals surface area (Å²) in [5.74, 6) is 6.67. The van der Waals surface area contributed by atoms with Crippen LogP contribution in [-0.4, -0.2) is 79.7 Å². The molecule has 0 atom stereocenters. The average molecular weight is 1670 g/mol. The summed E-state index contributed by atoms with van der Waals surface area (Å²) in [5, 5.41) is 5.58. The SMILES string of the molecule is CC(C)C.CC(C)C.CC(C)C.CC(C)C.CC(C)C.CC(C)C.CC(C)C.CC(C)C.Cc1cc2nc(C)ccc2cn1.Cc1ccc2c(C)nccc2n1.Cc1ccc2cccnc2n1.Cc1ccc2ccncc2n1.Cc1ccc2cnccc2n1.Cc1ccc2nc(C)ccc2n1.Cc1ccc2ncccc2n1.Cc1nc2ccccc2nc1C. The maximum Gasteiger partial charge on any atom is 0.159 e. The fourth-order valence-corrected chi connectivity index (χ4v) is 9.15. The van der Waals surface area contributed by atoms with Crippen LogP contribution in [0.3, 0.4) is 0 Å². The molecule has 15 aromatic heterocycles. The maximum absolute atomic E-state index is 4.41. The van der Waals surface area contributed by atoms with Crippen LogP contribution >= 0.6 is 0 Å². The Kier molecular flexibility index (Phi) is 55.0. The number of fused-ring (bicyclic) bond motifs is 8. The van der Waals surface area contributed by atoms with Crippen molar-refractivity contribution in [3.63, 3.8) is 0 Å². The molecule has 15 heterocycles. The smallest absolute Gasteiger partial charge is 0.159 e. The molecule has 664 valence electrons. The third-order valence-electron chi connectivity index (χ3n) is 14.1. The van der Waals surface area contributed by atoms with E-state index in [9.17, 15) is 0 Å². The molecule has 0 saturated heterocycles. The topological polar surface area (TPSA) is 206 Å². The van der Waals surface area contributed by atoms with Crippen molar-refractivity contribution in [1.82, 2.24) is 79.7 Å². The van der Waals surface area contributed by atoms with Gasteiger partial charge < -0.3 is 0 Å². The van der Waals surface area contributed by atoms with Crippen molar-refractivity contribution in [2.24, 2.45) is 47.3 Å². The summed E-state index contributed by atoms with van der Waals surface area (Å²) >= 11 is 0. The molecule has 0 fully saturated rings. The van der Waals surface area contributed by atoms with Gasteiger partial charge in [-0.05, 0) is 282 Å². The zero-order valence-corrected chi connectivity index (χ0v) is 82.6. The summed E-state index contributed by atoms with van der Waals surface area (Å²) in [5.41, 5.74) is 23.0. The number of hydrogen-bond acceptors (Lipinski definition) is 16. The van der Waals surface area contributed by atoms with Crippen molar-refractivity contribution in [3.05, 3.63) is 288 Å². The highest BCUT2D eigenvalue weighted by atomic mass is 14.8. The highest BCUT2D eigenvalue weighted by Gasteiger charge is 2.03. The van der Waals surface area contributed by atoms with Gasteiger partial charge in [0, 0.05) is 127 Å². The van der Waals surface area contributed by atoms with E-state index >= 15 is 0 Å². The number of para-hydroxylation sites is 2. The van der Waals surface area contributed by atoms with Crippen LogP contribution in [0.4, 0.5) is 0 Å². The highest BCUT2D eigenvalue weighted by Crippen LogP contribution is 2.18. The lowest BCUT2D eigenvalue weighted by atomic mass is 10.2. The Bertz CT molecular complexity index is 5070. The van der Waals surface area contributed by atoms with Gasteiger partial charge in [0.2, 0.25) is 0 Å². The molecule has 0 radical (unpaired) electrons. The first-order valence-corrected chi connectivity index (χ1v) is 43.9. The number of aromatic nitrogens is 16. The summed E-state index contributed by atoms with van der Waals surface area (Å²) < 4.78 is 0. The number of rotatable bonds is 0. The van der Waals surface area contributed by atoms with E-state index < -0.39 is 0 Å². The molecule has 0 aliphatic carbocycles. The molecule has 0 unspecified atom stereocenters. The molecule has 0 N–H and O–H groups in total. The van der Waals surface area contributed by atoms with Crippen molar-refractivity contribution in [2.75, 3.05) is 0 Å². The fourth-order valence-electron chi connectivity index (χ4n) is 9.15. The zero-order valence-electron chi connectivity index (χ0n) is 82.6. The number of hydrogen-bond donors (Lipinski definition) is 0. The van der Waals surface area contributed by atoms with Crippen molar-refractivity contribution < 1.29 is 0 Å². The summed E-state index contributed by atoms with van der Waals surface area (Å²) in [4.78, 5) is 68.2. The molecule has 16 nitrogen and oxygen atoms in total. The molecule has 124 heavy (non-hydrogen) atoms. The number of benzene rings is 1. The summed E-state index contributed by atoms with van der Waals surface area (Å²) in [6, 6.07) is 55.7. The molecular weight excluding hydrogens is 1520 g/mol. The van der Waals surface area contributed by atoms with Gasteiger partial charge in [-0.15, -0.1) is 0 Å². The predicted octanol–water partition coefficient (Wildman–Crippen LogP) is 30.0. The Labute approximate surface area is 747 Å². The molecule has 0 spiro atoms. The number of pyridine rings is 14. The van der Waals surface area contributed by atoms with Gasteiger partial charge in [0.25, 0.3) is 0 Å². The molecule has 0 aliphatic rings. The third-order valence-corrected chi connectivity index (χ3v) is 14.1. The third kappa shape index (κ3) is 52.7. The van der Waals surface area contributed by atoms with Crippen LogP contribution in [0.2, 0.25) is 0 Å². The van der Waals surface area contributed by atoms with Crippen molar-refractivity contribution in [1.29, 1.82) is 0 Å². The van der Waals surface area contributed by atoms with Crippen LogP contribution in [0.15, 0.2) is 219 Å². The van der Waals surface area contributed by atoms with E-state index in [0.717, 1.165) is 203 Å². The van der Waals surface area contributed by atoms with E-state index in [0.29, 0.717) is 0 Å². The maximum atomic E-state index is 4.41. The van der Waals surface area contributed by atoms with Gasteiger partial charge in [-0.2, -0.15) is 0 Å². The first kappa shape index (κ1) is 110. The Morgan fingerprint density at radius 3 is 0.976 bits per heavy atom. The minimum atomic E-state index is 0.826. The lowest BCUT2D eigenvalue weighted by Crippen LogP contribution is -1.92. The predicted molar refractivity (Wildman–Crippen MR) is 537 cm³/mol. The van der Waals surface area contributed by atoms with E-state index in [1.165, 1.54) is 0 Å². The van der Waals surface area contributed by atoms with E-state index in [2.05, 4.69) is 258 Å². The van der Waals surface area contributed by atoms with Crippen molar-refractivity contribution in [3.8, 4) is 0 Å². The molecular formula is C108H152N16. The van der Waals surface area contributed by atoms with E-state index in [-0.39, 0.29) is 0 Å². The highest BCUT2D eigenvalue weighted by molar-refractivity contribution is 5.82. The molecule has 16 rings (SSSR count). The van der Waals surface area contributed by atoms with E-state index in [1.807, 2.05) is 253 Å². The summed E-state index contributed by atoms with van der Waals surface area (Å²) in [6.45, 7) is 75.8. The molecule has 0 saturated carbocycles. The van der Waals surface area contributed by atoms with E-state index in [4.69, 9.17) is 0 Å². The van der Waals surface area contributed by atoms with Gasteiger partial charge in [0.05, 0.1) is 72.8 Å². The lowest BCUT2D eigenvalue weighted by Gasteiger charge is -2.00. The van der Waals surface area contributed by atoms with Crippen LogP contribution in [0.5, 0.6) is 0 Å². The molecule has 1 aromatic carbocycles. The standard InChI is InChI=1S/4C10H10N2.4C9H8N2.8C4H10/c1-7-3-5-10-9(11-7)6-4-8(2)12-10;1-7-3-4-9-6-11-8(2)5-10(9)12-7;1-7-3-4-9-8(2)11-6-5-10(9)12-7;1-7-8(2)12-10-6-4-3-5-9(10)11-7;1-7-2-3-8-6-10-5-4-9(8)11-7;1-7-2-3-8-4-5-10-6-9(8)11-7;1-7-4-5-8-9(11-7)3-2-6-10-8;1-7-4-5-8-3-2-6-10-9(8)11-7;8*1-4(2)3/h4*3-6H,1-2H3;4*2-6H,1H3;8*4H,1-3H3. The van der Waals surface area contributed by atoms with Gasteiger partial charge in [-0.1, -0.05) is 184 Å². The fraction of sp³-hybridized carbons (Fsp3) is 0.407. The van der Waals surface area contributed by atoms with E-state index in [1.54, 1.807) is 37.2 Å². The number of nitrogens with zero attached hydrogens (tertiary/aromatic N) is 16. The van der Waals surface area contributed by atoms with Crippen molar-refractivity contribution >= 4 is 87.7 Å². The largest absolute Gasteiger partial charge is 0.264 e. The second-order valence-corrected chi connectivity index (χ2v) is 35.6. The van der Waals surface area contributed by atoms with Crippen LogP contribution in [0, 0.1) is 130 Å². The second kappa shape index (κ2) is 61.7. The Balaban J connectivity index is 0.000000675.